The van der Waals surface area contributed by atoms with Gasteiger partial charge in [0.15, 0.2) is 0 Å². The van der Waals surface area contributed by atoms with E-state index in [0.717, 1.165) is 25.6 Å². The number of rotatable bonds is 9. The molecule has 0 amide bonds. The lowest BCUT2D eigenvalue weighted by Gasteiger charge is -2.31. The van der Waals surface area contributed by atoms with Crippen molar-refractivity contribution in [3.05, 3.63) is 0 Å². The minimum atomic E-state index is -0.814. The highest BCUT2D eigenvalue weighted by Gasteiger charge is 2.34. The second kappa shape index (κ2) is 6.53. The van der Waals surface area contributed by atoms with Gasteiger partial charge in [-0.05, 0) is 52.5 Å². The molecule has 1 rings (SSSR count). The van der Waals surface area contributed by atoms with Crippen molar-refractivity contribution in [2.75, 3.05) is 19.6 Å². The van der Waals surface area contributed by atoms with E-state index in [1.165, 1.54) is 12.8 Å². The molecule has 0 radical (unpaired) electrons. The second-order valence-corrected chi connectivity index (χ2v) is 6.02. The van der Waals surface area contributed by atoms with Gasteiger partial charge >= 0.3 is 5.97 Å². The lowest BCUT2D eigenvalue weighted by molar-refractivity contribution is -0.145. The third kappa shape index (κ3) is 4.94. The zero-order chi connectivity index (χ0) is 13.8. The van der Waals surface area contributed by atoms with E-state index in [1.54, 1.807) is 6.92 Å². The minimum absolute atomic E-state index is 0.185. The van der Waals surface area contributed by atoms with E-state index in [2.05, 4.69) is 17.1 Å². The summed E-state index contributed by atoms with van der Waals surface area (Å²) in [6.07, 6.45) is 3.34. The van der Waals surface area contributed by atoms with E-state index in [4.69, 9.17) is 0 Å². The van der Waals surface area contributed by atoms with Gasteiger partial charge in [0.2, 0.25) is 0 Å². The summed E-state index contributed by atoms with van der Waals surface area (Å²) in [6, 6.07) is 0.185. The molecular formula is C14H28N2O2. The number of hydrogen-bond donors (Lipinski definition) is 2. The number of hydrogen-bond acceptors (Lipinski definition) is 3. The summed E-state index contributed by atoms with van der Waals surface area (Å²) in [5.74, 6) is 0.109. The number of aliphatic carboxylic acids is 1. The molecule has 0 aromatic rings. The number of carboxylic acids is 1. The lowest BCUT2D eigenvalue weighted by Crippen LogP contribution is -2.54. The van der Waals surface area contributed by atoms with E-state index in [1.807, 2.05) is 13.8 Å². The Morgan fingerprint density at radius 1 is 1.50 bits per heavy atom. The zero-order valence-corrected chi connectivity index (χ0v) is 12.2. The standard InChI is InChI=1S/C14H28N2O2/c1-5-16(10-12-6-7-12)9-8-14(4,13(17)18)15-11(2)3/h11-12,15H,5-10H2,1-4H3,(H,17,18). The average Bonchev–Trinajstić information content (AvgIpc) is 3.06. The van der Waals surface area contributed by atoms with Gasteiger partial charge in [0.25, 0.3) is 0 Å². The van der Waals surface area contributed by atoms with Gasteiger partial charge in [-0.25, -0.2) is 0 Å². The van der Waals surface area contributed by atoms with Gasteiger partial charge in [-0.3, -0.25) is 10.1 Å². The predicted octanol–water partition coefficient (Wildman–Crippen LogP) is 1.95. The van der Waals surface area contributed by atoms with Crippen molar-refractivity contribution < 1.29 is 9.90 Å². The van der Waals surface area contributed by atoms with Crippen LogP contribution in [0, 0.1) is 5.92 Å². The van der Waals surface area contributed by atoms with Crippen LogP contribution in [0.5, 0.6) is 0 Å². The summed E-state index contributed by atoms with van der Waals surface area (Å²) in [5, 5.41) is 12.6. The normalized spacial score (nSPS) is 19.2. The molecule has 1 aliphatic carbocycles. The third-order valence-corrected chi connectivity index (χ3v) is 3.67. The van der Waals surface area contributed by atoms with Gasteiger partial charge in [0, 0.05) is 19.1 Å². The third-order valence-electron chi connectivity index (χ3n) is 3.67. The topological polar surface area (TPSA) is 52.6 Å². The van der Waals surface area contributed by atoms with E-state index < -0.39 is 11.5 Å². The van der Waals surface area contributed by atoms with Crippen LogP contribution < -0.4 is 5.32 Å². The Hall–Kier alpha value is -0.610. The Kier molecular flexibility index (Phi) is 5.60. The molecule has 1 atom stereocenters. The molecule has 1 saturated carbocycles. The fourth-order valence-corrected chi connectivity index (χ4v) is 2.30. The van der Waals surface area contributed by atoms with Gasteiger partial charge < -0.3 is 10.0 Å². The molecule has 1 fully saturated rings. The molecule has 0 aliphatic heterocycles. The highest BCUT2D eigenvalue weighted by atomic mass is 16.4. The summed E-state index contributed by atoms with van der Waals surface area (Å²) in [6.45, 7) is 10.9. The summed E-state index contributed by atoms with van der Waals surface area (Å²) in [5.41, 5.74) is -0.814. The first-order valence-electron chi connectivity index (χ1n) is 7.11. The minimum Gasteiger partial charge on any atom is -0.480 e. The Morgan fingerprint density at radius 3 is 2.50 bits per heavy atom. The van der Waals surface area contributed by atoms with Crippen LogP contribution >= 0.6 is 0 Å². The maximum Gasteiger partial charge on any atom is 0.323 e. The van der Waals surface area contributed by atoms with E-state index in [9.17, 15) is 9.90 Å². The van der Waals surface area contributed by atoms with Gasteiger partial charge in [-0.1, -0.05) is 6.92 Å². The molecule has 0 bridgehead atoms. The molecule has 1 aliphatic rings. The smallest absolute Gasteiger partial charge is 0.323 e. The molecule has 4 heteroatoms. The van der Waals surface area contributed by atoms with Crippen molar-refractivity contribution >= 4 is 5.97 Å². The van der Waals surface area contributed by atoms with E-state index in [0.29, 0.717) is 6.42 Å². The molecular weight excluding hydrogens is 228 g/mol. The van der Waals surface area contributed by atoms with Crippen LogP contribution in [0.2, 0.25) is 0 Å². The van der Waals surface area contributed by atoms with Crippen molar-refractivity contribution in [3.8, 4) is 0 Å². The number of carbonyl (C=O) groups is 1. The molecule has 0 aromatic heterocycles. The van der Waals surface area contributed by atoms with Crippen molar-refractivity contribution in [1.29, 1.82) is 0 Å². The molecule has 0 saturated heterocycles. The van der Waals surface area contributed by atoms with Crippen LogP contribution in [0.15, 0.2) is 0 Å². The zero-order valence-electron chi connectivity index (χ0n) is 12.2. The monoisotopic (exact) mass is 256 g/mol. The summed E-state index contributed by atoms with van der Waals surface area (Å²) >= 11 is 0. The molecule has 106 valence electrons. The summed E-state index contributed by atoms with van der Waals surface area (Å²) < 4.78 is 0. The second-order valence-electron chi connectivity index (χ2n) is 6.02. The van der Waals surface area contributed by atoms with Crippen LogP contribution in [0.1, 0.15) is 47.0 Å². The maximum absolute atomic E-state index is 11.4. The van der Waals surface area contributed by atoms with E-state index in [-0.39, 0.29) is 6.04 Å². The Balaban J connectivity index is 2.46. The molecule has 4 nitrogen and oxygen atoms in total. The van der Waals surface area contributed by atoms with Gasteiger partial charge in [-0.2, -0.15) is 0 Å². The fourth-order valence-electron chi connectivity index (χ4n) is 2.30. The van der Waals surface area contributed by atoms with Gasteiger partial charge in [0.1, 0.15) is 5.54 Å². The van der Waals surface area contributed by atoms with Crippen molar-refractivity contribution in [3.63, 3.8) is 0 Å². The highest BCUT2D eigenvalue weighted by Crippen LogP contribution is 2.29. The molecule has 0 spiro atoms. The van der Waals surface area contributed by atoms with Crippen molar-refractivity contribution in [1.82, 2.24) is 10.2 Å². The summed E-state index contributed by atoms with van der Waals surface area (Å²) in [4.78, 5) is 13.8. The molecule has 0 aromatic carbocycles. The first-order chi connectivity index (χ1) is 8.37. The lowest BCUT2D eigenvalue weighted by atomic mass is 9.96. The van der Waals surface area contributed by atoms with E-state index >= 15 is 0 Å². The maximum atomic E-state index is 11.4. The number of nitrogens with zero attached hydrogens (tertiary/aromatic N) is 1. The van der Waals surface area contributed by atoms with Gasteiger partial charge in [0.05, 0.1) is 0 Å². The number of nitrogens with one attached hydrogen (secondary N) is 1. The quantitative estimate of drug-likeness (QED) is 0.662. The highest BCUT2D eigenvalue weighted by molar-refractivity contribution is 5.78. The Bertz CT molecular complexity index is 277. The molecule has 18 heavy (non-hydrogen) atoms. The van der Waals surface area contributed by atoms with Crippen LogP contribution in [0.25, 0.3) is 0 Å². The van der Waals surface area contributed by atoms with Crippen LogP contribution in [0.4, 0.5) is 0 Å². The molecule has 0 heterocycles. The average molecular weight is 256 g/mol. The van der Waals surface area contributed by atoms with Crippen molar-refractivity contribution in [2.24, 2.45) is 5.92 Å². The van der Waals surface area contributed by atoms with Crippen LogP contribution in [-0.4, -0.2) is 47.2 Å². The SMILES string of the molecule is CCN(CCC(C)(NC(C)C)C(=O)O)CC1CC1. The summed E-state index contributed by atoms with van der Waals surface area (Å²) in [7, 11) is 0. The van der Waals surface area contributed by atoms with Gasteiger partial charge in [-0.15, -0.1) is 0 Å². The van der Waals surface area contributed by atoms with Crippen molar-refractivity contribution in [2.45, 2.75) is 58.5 Å². The first-order valence-corrected chi connectivity index (χ1v) is 7.11. The fraction of sp³-hybridized carbons (Fsp3) is 0.929. The predicted molar refractivity (Wildman–Crippen MR) is 73.8 cm³/mol. The van der Waals surface area contributed by atoms with Crippen LogP contribution in [0.3, 0.4) is 0 Å². The first kappa shape index (κ1) is 15.4. The Morgan fingerprint density at radius 2 is 2.11 bits per heavy atom. The number of carboxylic acid groups (broad SMARTS) is 1. The largest absolute Gasteiger partial charge is 0.480 e. The van der Waals surface area contributed by atoms with Crippen LogP contribution in [-0.2, 0) is 4.79 Å². The molecule has 1 unspecified atom stereocenters. The Labute approximate surface area is 111 Å². The molecule has 2 N–H and O–H groups in total.